The Labute approximate surface area is 187 Å². The summed E-state index contributed by atoms with van der Waals surface area (Å²) in [4.78, 5) is 18.2. The van der Waals surface area contributed by atoms with Gasteiger partial charge < -0.3 is 10.4 Å². The summed E-state index contributed by atoms with van der Waals surface area (Å²) in [5.74, 6) is 0.154. The van der Waals surface area contributed by atoms with Crippen LogP contribution in [0.3, 0.4) is 0 Å². The number of aromatic nitrogens is 5. The van der Waals surface area contributed by atoms with Gasteiger partial charge in [-0.25, -0.2) is 24.3 Å². The molecular weight excluding hydrogens is 427 g/mol. The minimum absolute atomic E-state index is 0.0534. The van der Waals surface area contributed by atoms with E-state index in [1.54, 1.807) is 23.8 Å². The van der Waals surface area contributed by atoms with E-state index in [0.29, 0.717) is 23.0 Å². The van der Waals surface area contributed by atoms with Crippen LogP contribution in [0.25, 0.3) is 28.3 Å². The van der Waals surface area contributed by atoms with Crippen LogP contribution in [0.2, 0.25) is 0 Å². The van der Waals surface area contributed by atoms with Crippen molar-refractivity contribution in [3.8, 4) is 22.6 Å². The first-order chi connectivity index (χ1) is 15.6. The summed E-state index contributed by atoms with van der Waals surface area (Å²) in [6, 6.07) is 11.6. The van der Waals surface area contributed by atoms with Gasteiger partial charge in [-0.15, -0.1) is 11.3 Å². The molecule has 160 valence electrons. The standard InChI is InChI=1S/C23H19FN6OS/c1-14(19-12-32-13-26-19)27-23-25-8-6-18(28-23)22-21(16-2-4-17(24)5-3-16)29-20-10-15(11-31)7-9-30(20)22/h2-10,12-14,31H,11H2,1H3,(H,25,27,28). The van der Waals surface area contributed by atoms with Gasteiger partial charge in [-0.1, -0.05) is 0 Å². The summed E-state index contributed by atoms with van der Waals surface area (Å²) >= 11 is 1.54. The molecule has 4 heterocycles. The fourth-order valence-electron chi connectivity index (χ4n) is 3.50. The number of thiazole rings is 1. The molecule has 0 aliphatic rings. The third-order valence-electron chi connectivity index (χ3n) is 5.13. The number of benzene rings is 1. The number of rotatable bonds is 6. The number of imidazole rings is 1. The molecule has 2 N–H and O–H groups in total. The molecule has 5 aromatic rings. The molecule has 0 spiro atoms. The van der Waals surface area contributed by atoms with E-state index in [4.69, 9.17) is 9.97 Å². The number of halogens is 1. The van der Waals surface area contributed by atoms with Crippen LogP contribution in [0, 0.1) is 5.82 Å². The number of hydrogen-bond donors (Lipinski definition) is 2. The second-order valence-electron chi connectivity index (χ2n) is 7.28. The van der Waals surface area contributed by atoms with Gasteiger partial charge in [0.15, 0.2) is 0 Å². The smallest absolute Gasteiger partial charge is 0.223 e. The number of anilines is 1. The maximum absolute atomic E-state index is 13.5. The molecule has 0 aliphatic carbocycles. The first-order valence-electron chi connectivity index (χ1n) is 9.98. The summed E-state index contributed by atoms with van der Waals surface area (Å²) in [6.07, 6.45) is 3.54. The largest absolute Gasteiger partial charge is 0.392 e. The lowest BCUT2D eigenvalue weighted by molar-refractivity contribution is 0.282. The molecule has 32 heavy (non-hydrogen) atoms. The molecule has 9 heteroatoms. The fourth-order valence-corrected chi connectivity index (χ4v) is 4.15. The van der Waals surface area contributed by atoms with E-state index < -0.39 is 0 Å². The van der Waals surface area contributed by atoms with Gasteiger partial charge in [0, 0.05) is 23.3 Å². The lowest BCUT2D eigenvalue weighted by atomic mass is 10.1. The van der Waals surface area contributed by atoms with Crippen molar-refractivity contribution < 1.29 is 9.50 Å². The molecule has 7 nitrogen and oxygen atoms in total. The van der Waals surface area contributed by atoms with Crippen LogP contribution in [0.5, 0.6) is 0 Å². The zero-order valence-corrected chi connectivity index (χ0v) is 17.9. The summed E-state index contributed by atoms with van der Waals surface area (Å²) in [6.45, 7) is 1.92. The van der Waals surface area contributed by atoms with Crippen molar-refractivity contribution in [2.24, 2.45) is 0 Å². The number of fused-ring (bicyclic) bond motifs is 1. The lowest BCUT2D eigenvalue weighted by Crippen LogP contribution is -2.10. The van der Waals surface area contributed by atoms with Crippen LogP contribution in [-0.2, 0) is 6.61 Å². The van der Waals surface area contributed by atoms with Crippen molar-refractivity contribution in [1.29, 1.82) is 0 Å². The molecule has 0 radical (unpaired) electrons. The molecule has 4 aromatic heterocycles. The van der Waals surface area contributed by atoms with E-state index in [0.717, 1.165) is 22.5 Å². The maximum atomic E-state index is 13.5. The van der Waals surface area contributed by atoms with Gasteiger partial charge >= 0.3 is 0 Å². The molecule has 0 bridgehead atoms. The topological polar surface area (TPSA) is 88.2 Å². The van der Waals surface area contributed by atoms with E-state index >= 15 is 0 Å². The molecule has 0 fully saturated rings. The fraction of sp³-hybridized carbons (Fsp3) is 0.130. The van der Waals surface area contributed by atoms with Crippen LogP contribution >= 0.6 is 11.3 Å². The highest BCUT2D eigenvalue weighted by molar-refractivity contribution is 7.07. The highest BCUT2D eigenvalue weighted by atomic mass is 32.1. The molecule has 0 aliphatic heterocycles. The molecule has 1 atom stereocenters. The predicted molar refractivity (Wildman–Crippen MR) is 122 cm³/mol. The molecular formula is C23H19FN6OS. The van der Waals surface area contributed by atoms with E-state index in [9.17, 15) is 9.50 Å². The first kappa shape index (κ1) is 20.2. The Bertz CT molecular complexity index is 1370. The Kier molecular flexibility index (Phi) is 5.34. The van der Waals surface area contributed by atoms with E-state index in [2.05, 4.69) is 15.3 Å². The van der Waals surface area contributed by atoms with Crippen molar-refractivity contribution in [2.75, 3.05) is 5.32 Å². The van der Waals surface area contributed by atoms with E-state index in [-0.39, 0.29) is 18.5 Å². The van der Waals surface area contributed by atoms with Crippen molar-refractivity contribution in [3.05, 3.63) is 82.8 Å². The van der Waals surface area contributed by atoms with Crippen LogP contribution in [0.1, 0.15) is 24.2 Å². The van der Waals surface area contributed by atoms with Crippen molar-refractivity contribution in [3.63, 3.8) is 0 Å². The third kappa shape index (κ3) is 3.83. The van der Waals surface area contributed by atoms with Crippen LogP contribution in [0.15, 0.2) is 65.7 Å². The highest BCUT2D eigenvalue weighted by Gasteiger charge is 2.19. The number of nitrogens with zero attached hydrogens (tertiary/aromatic N) is 5. The number of aliphatic hydroxyl groups is 1. The summed E-state index contributed by atoms with van der Waals surface area (Å²) in [5, 5.41) is 14.8. The van der Waals surface area contributed by atoms with Crippen molar-refractivity contribution in [1.82, 2.24) is 24.3 Å². The van der Waals surface area contributed by atoms with Gasteiger partial charge in [-0.3, -0.25) is 4.40 Å². The average molecular weight is 447 g/mol. The van der Waals surface area contributed by atoms with Crippen LogP contribution in [0.4, 0.5) is 10.3 Å². The number of nitrogens with one attached hydrogen (secondary N) is 1. The summed E-state index contributed by atoms with van der Waals surface area (Å²) in [5.41, 5.74) is 6.97. The molecule has 0 amide bonds. The Hall–Kier alpha value is -3.69. The molecule has 5 rings (SSSR count). The summed E-state index contributed by atoms with van der Waals surface area (Å²) in [7, 11) is 0. The van der Waals surface area contributed by atoms with Crippen molar-refractivity contribution >= 4 is 22.9 Å². The molecule has 1 aromatic carbocycles. The van der Waals surface area contributed by atoms with Gasteiger partial charge in [0.2, 0.25) is 5.95 Å². The van der Waals surface area contributed by atoms with Crippen LogP contribution in [-0.4, -0.2) is 29.4 Å². The second kappa shape index (κ2) is 8.45. The second-order valence-corrected chi connectivity index (χ2v) is 8.00. The quantitative estimate of drug-likeness (QED) is 0.392. The third-order valence-corrected chi connectivity index (χ3v) is 5.73. The van der Waals surface area contributed by atoms with E-state index in [1.165, 1.54) is 23.5 Å². The van der Waals surface area contributed by atoms with Gasteiger partial charge in [0.25, 0.3) is 0 Å². The summed E-state index contributed by atoms with van der Waals surface area (Å²) < 4.78 is 15.4. The van der Waals surface area contributed by atoms with Gasteiger partial charge in [0.05, 0.1) is 40.9 Å². The van der Waals surface area contributed by atoms with Crippen LogP contribution < -0.4 is 5.32 Å². The Morgan fingerprint density at radius 2 is 1.97 bits per heavy atom. The first-order valence-corrected chi connectivity index (χ1v) is 10.9. The van der Waals surface area contributed by atoms with Crippen molar-refractivity contribution in [2.45, 2.75) is 19.6 Å². The molecule has 0 saturated carbocycles. The number of pyridine rings is 1. The van der Waals surface area contributed by atoms with Gasteiger partial charge in [0.1, 0.15) is 11.5 Å². The molecule has 0 saturated heterocycles. The SMILES string of the molecule is CC(Nc1nccc(-c2c(-c3ccc(F)cc3)nc3cc(CO)ccn23)n1)c1cscn1. The normalized spacial score (nSPS) is 12.2. The Morgan fingerprint density at radius 1 is 1.12 bits per heavy atom. The van der Waals surface area contributed by atoms with Gasteiger partial charge in [-0.2, -0.15) is 0 Å². The molecule has 1 unspecified atom stereocenters. The highest BCUT2D eigenvalue weighted by Crippen LogP contribution is 2.32. The Morgan fingerprint density at radius 3 is 2.72 bits per heavy atom. The predicted octanol–water partition coefficient (Wildman–Crippen LogP) is 4.72. The minimum Gasteiger partial charge on any atom is -0.392 e. The zero-order chi connectivity index (χ0) is 22.1. The maximum Gasteiger partial charge on any atom is 0.223 e. The lowest BCUT2D eigenvalue weighted by Gasteiger charge is -2.12. The number of hydrogen-bond acceptors (Lipinski definition) is 7. The van der Waals surface area contributed by atoms with E-state index in [1.807, 2.05) is 41.1 Å². The number of aliphatic hydroxyl groups excluding tert-OH is 1. The minimum atomic E-state index is -0.314. The van der Waals surface area contributed by atoms with Gasteiger partial charge in [-0.05, 0) is 55.0 Å². The zero-order valence-electron chi connectivity index (χ0n) is 17.1. The monoisotopic (exact) mass is 446 g/mol. The average Bonchev–Trinajstić information content (AvgIpc) is 3.47. The Balaban J connectivity index is 1.62.